The summed E-state index contributed by atoms with van der Waals surface area (Å²) < 4.78 is 11.0. The minimum absolute atomic E-state index is 0.138. The number of methoxy groups -OCH3 is 1. The van der Waals surface area contributed by atoms with Crippen molar-refractivity contribution < 1.29 is 19.1 Å². The standard InChI is InChI=1S/C23H30N2O4/c1-16(2)20-8-6-7-9-21(20)29-15-22(26)25(17(3)23(27)24-4)14-18-10-12-19(28-5)13-11-18/h6-13,16-17H,14-15H2,1-5H3,(H,24,27)/t17-/m1/s1. The van der Waals surface area contributed by atoms with Gasteiger partial charge in [-0.15, -0.1) is 0 Å². The van der Waals surface area contributed by atoms with Gasteiger partial charge in [0.2, 0.25) is 5.91 Å². The predicted octanol–water partition coefficient (Wildman–Crippen LogP) is 3.36. The summed E-state index contributed by atoms with van der Waals surface area (Å²) in [6, 6.07) is 14.5. The van der Waals surface area contributed by atoms with E-state index in [1.165, 1.54) is 4.90 Å². The van der Waals surface area contributed by atoms with E-state index in [2.05, 4.69) is 19.2 Å². The molecule has 156 valence electrons. The monoisotopic (exact) mass is 398 g/mol. The molecule has 6 nitrogen and oxygen atoms in total. The van der Waals surface area contributed by atoms with Gasteiger partial charge in [0.25, 0.3) is 5.91 Å². The highest BCUT2D eigenvalue weighted by atomic mass is 16.5. The Hall–Kier alpha value is -3.02. The lowest BCUT2D eigenvalue weighted by atomic mass is 10.0. The van der Waals surface area contributed by atoms with Gasteiger partial charge in [0.1, 0.15) is 17.5 Å². The topological polar surface area (TPSA) is 67.9 Å². The van der Waals surface area contributed by atoms with Crippen LogP contribution in [0.5, 0.6) is 11.5 Å². The number of hydrogen-bond acceptors (Lipinski definition) is 4. The van der Waals surface area contributed by atoms with E-state index in [1.807, 2.05) is 48.5 Å². The van der Waals surface area contributed by atoms with Crippen LogP contribution in [-0.4, -0.2) is 43.5 Å². The van der Waals surface area contributed by atoms with E-state index in [-0.39, 0.29) is 24.3 Å². The van der Waals surface area contributed by atoms with Crippen molar-refractivity contribution in [1.82, 2.24) is 10.2 Å². The number of rotatable bonds is 9. The van der Waals surface area contributed by atoms with Crippen LogP contribution < -0.4 is 14.8 Å². The Morgan fingerprint density at radius 2 is 1.69 bits per heavy atom. The Balaban J connectivity index is 2.16. The maximum Gasteiger partial charge on any atom is 0.261 e. The van der Waals surface area contributed by atoms with Crippen LogP contribution in [0.3, 0.4) is 0 Å². The Morgan fingerprint density at radius 1 is 1.03 bits per heavy atom. The third-order valence-electron chi connectivity index (χ3n) is 4.82. The predicted molar refractivity (Wildman–Crippen MR) is 113 cm³/mol. The van der Waals surface area contributed by atoms with E-state index >= 15 is 0 Å². The molecule has 1 N–H and O–H groups in total. The minimum atomic E-state index is -0.626. The molecular formula is C23H30N2O4. The molecule has 29 heavy (non-hydrogen) atoms. The SMILES string of the molecule is CNC(=O)[C@@H](C)N(Cc1ccc(OC)cc1)C(=O)COc1ccccc1C(C)C. The number of carbonyl (C=O) groups excluding carboxylic acids is 2. The molecule has 0 aliphatic carbocycles. The number of amides is 2. The summed E-state index contributed by atoms with van der Waals surface area (Å²) in [7, 11) is 3.16. The molecule has 2 aromatic carbocycles. The molecule has 0 fully saturated rings. The quantitative estimate of drug-likeness (QED) is 0.703. The second kappa shape index (κ2) is 10.5. The Bertz CT molecular complexity index is 818. The highest BCUT2D eigenvalue weighted by Gasteiger charge is 2.26. The lowest BCUT2D eigenvalue weighted by molar-refractivity contribution is -0.142. The normalized spacial score (nSPS) is 11.7. The van der Waals surface area contributed by atoms with Gasteiger partial charge in [0, 0.05) is 13.6 Å². The van der Waals surface area contributed by atoms with Crippen molar-refractivity contribution in [2.45, 2.75) is 39.3 Å². The molecule has 0 aliphatic heterocycles. The first-order chi connectivity index (χ1) is 13.9. The zero-order chi connectivity index (χ0) is 21.4. The largest absolute Gasteiger partial charge is 0.497 e. The van der Waals surface area contributed by atoms with Gasteiger partial charge >= 0.3 is 0 Å². The van der Waals surface area contributed by atoms with E-state index in [1.54, 1.807) is 21.1 Å². The summed E-state index contributed by atoms with van der Waals surface area (Å²) in [5.74, 6) is 1.22. The fourth-order valence-corrected chi connectivity index (χ4v) is 3.03. The van der Waals surface area contributed by atoms with E-state index in [9.17, 15) is 9.59 Å². The number of nitrogens with one attached hydrogen (secondary N) is 1. The van der Waals surface area contributed by atoms with Crippen LogP contribution in [0.1, 0.15) is 37.8 Å². The molecule has 2 rings (SSSR count). The van der Waals surface area contributed by atoms with Crippen molar-refractivity contribution in [3.63, 3.8) is 0 Å². The van der Waals surface area contributed by atoms with Crippen molar-refractivity contribution in [2.24, 2.45) is 0 Å². The molecule has 0 saturated heterocycles. The first kappa shape index (κ1) is 22.3. The summed E-state index contributed by atoms with van der Waals surface area (Å²) >= 11 is 0. The summed E-state index contributed by atoms with van der Waals surface area (Å²) in [5, 5.41) is 2.61. The number of likely N-dealkylation sites (N-methyl/N-ethyl adjacent to an activating group) is 1. The van der Waals surface area contributed by atoms with Crippen molar-refractivity contribution in [2.75, 3.05) is 20.8 Å². The van der Waals surface area contributed by atoms with E-state index in [0.29, 0.717) is 12.3 Å². The van der Waals surface area contributed by atoms with Crippen molar-refractivity contribution >= 4 is 11.8 Å². The maximum atomic E-state index is 13.0. The van der Waals surface area contributed by atoms with Gasteiger partial charge in [-0.1, -0.05) is 44.2 Å². The van der Waals surface area contributed by atoms with Gasteiger partial charge in [0.05, 0.1) is 7.11 Å². The summed E-state index contributed by atoms with van der Waals surface area (Å²) in [6.07, 6.45) is 0. The minimum Gasteiger partial charge on any atom is -0.497 e. The molecule has 0 unspecified atom stereocenters. The average Bonchev–Trinajstić information content (AvgIpc) is 2.75. The lowest BCUT2D eigenvalue weighted by Crippen LogP contribution is -2.48. The molecule has 0 bridgehead atoms. The van der Waals surface area contributed by atoms with Gasteiger partial charge in [-0.3, -0.25) is 9.59 Å². The van der Waals surface area contributed by atoms with Crippen LogP contribution in [0.4, 0.5) is 0 Å². The summed E-state index contributed by atoms with van der Waals surface area (Å²) in [4.78, 5) is 26.7. The van der Waals surface area contributed by atoms with Crippen LogP contribution in [0.25, 0.3) is 0 Å². The Labute approximate surface area is 172 Å². The fourth-order valence-electron chi connectivity index (χ4n) is 3.03. The molecule has 0 heterocycles. The highest BCUT2D eigenvalue weighted by Crippen LogP contribution is 2.26. The molecular weight excluding hydrogens is 368 g/mol. The van der Waals surface area contributed by atoms with E-state index in [4.69, 9.17) is 9.47 Å². The van der Waals surface area contributed by atoms with Gasteiger partial charge in [-0.05, 0) is 42.2 Å². The molecule has 0 saturated carbocycles. The molecule has 0 aromatic heterocycles. The lowest BCUT2D eigenvalue weighted by Gasteiger charge is -2.28. The van der Waals surface area contributed by atoms with Crippen LogP contribution in [0, 0.1) is 0 Å². The smallest absolute Gasteiger partial charge is 0.261 e. The fraction of sp³-hybridized carbons (Fsp3) is 0.391. The van der Waals surface area contributed by atoms with Crippen molar-refractivity contribution in [1.29, 1.82) is 0 Å². The molecule has 0 aliphatic rings. The highest BCUT2D eigenvalue weighted by molar-refractivity contribution is 5.87. The Morgan fingerprint density at radius 3 is 2.28 bits per heavy atom. The summed E-state index contributed by atoms with van der Waals surface area (Å²) in [5.41, 5.74) is 1.94. The van der Waals surface area contributed by atoms with Gasteiger partial charge < -0.3 is 19.7 Å². The third-order valence-corrected chi connectivity index (χ3v) is 4.82. The summed E-state index contributed by atoms with van der Waals surface area (Å²) in [6.45, 7) is 6.03. The number of hydrogen-bond donors (Lipinski definition) is 1. The van der Waals surface area contributed by atoms with Crippen LogP contribution in [0.2, 0.25) is 0 Å². The van der Waals surface area contributed by atoms with Crippen molar-refractivity contribution in [3.05, 3.63) is 59.7 Å². The average molecular weight is 399 g/mol. The van der Waals surface area contributed by atoms with E-state index < -0.39 is 6.04 Å². The molecule has 2 amide bonds. The number of para-hydroxylation sites is 1. The first-order valence-corrected chi connectivity index (χ1v) is 9.73. The van der Waals surface area contributed by atoms with Crippen LogP contribution >= 0.6 is 0 Å². The third kappa shape index (κ3) is 5.98. The number of ether oxygens (including phenoxy) is 2. The van der Waals surface area contributed by atoms with E-state index in [0.717, 1.165) is 16.9 Å². The van der Waals surface area contributed by atoms with Gasteiger partial charge in [-0.25, -0.2) is 0 Å². The maximum absolute atomic E-state index is 13.0. The number of carbonyl (C=O) groups is 2. The zero-order valence-electron chi connectivity index (χ0n) is 17.8. The van der Waals surface area contributed by atoms with Crippen molar-refractivity contribution in [3.8, 4) is 11.5 Å². The molecule has 6 heteroatoms. The molecule has 0 spiro atoms. The molecule has 2 aromatic rings. The van der Waals surface area contributed by atoms with Gasteiger partial charge in [-0.2, -0.15) is 0 Å². The first-order valence-electron chi connectivity index (χ1n) is 9.73. The zero-order valence-corrected chi connectivity index (χ0v) is 17.8. The molecule has 1 atom stereocenters. The van der Waals surface area contributed by atoms with Gasteiger partial charge in [0.15, 0.2) is 6.61 Å². The van der Waals surface area contributed by atoms with Crippen LogP contribution in [-0.2, 0) is 16.1 Å². The molecule has 0 radical (unpaired) electrons. The second-order valence-corrected chi connectivity index (χ2v) is 7.14. The second-order valence-electron chi connectivity index (χ2n) is 7.14. The number of benzene rings is 2. The number of nitrogens with zero attached hydrogens (tertiary/aromatic N) is 1. The van der Waals surface area contributed by atoms with Crippen LogP contribution in [0.15, 0.2) is 48.5 Å². The Kier molecular flexibility index (Phi) is 8.07.